The molecule has 5 rings (SSSR count). The van der Waals surface area contributed by atoms with Gasteiger partial charge in [0.1, 0.15) is 6.79 Å². The van der Waals surface area contributed by atoms with Crippen molar-refractivity contribution in [1.82, 2.24) is 9.88 Å². The Kier molecular flexibility index (Phi) is 11.0. The molecule has 1 N–H and O–H groups in total. The Hall–Kier alpha value is -3.77. The fourth-order valence-electron chi connectivity index (χ4n) is 4.20. The van der Waals surface area contributed by atoms with E-state index in [4.69, 9.17) is 4.79 Å². The number of hydrogen-bond acceptors (Lipinski definition) is 4. The molecule has 0 radical (unpaired) electrons. The molecule has 0 bridgehead atoms. The third-order valence-electron chi connectivity index (χ3n) is 5.75. The van der Waals surface area contributed by atoms with Gasteiger partial charge in [0, 0.05) is 51.4 Å². The fraction of sp³-hybridized carbons (Fsp3) is 0.233. The summed E-state index contributed by atoms with van der Waals surface area (Å²) in [5.41, 5.74) is 5.41. The van der Waals surface area contributed by atoms with Gasteiger partial charge in [0.2, 0.25) is 0 Å². The number of ketones is 1. The lowest BCUT2D eigenvalue weighted by molar-refractivity contribution is -0.0980. The molecule has 0 aliphatic carbocycles. The first-order valence-corrected chi connectivity index (χ1v) is 12.8. The Bertz CT molecular complexity index is 1360. The fourth-order valence-corrected chi connectivity index (χ4v) is 5.18. The predicted molar refractivity (Wildman–Crippen MR) is 152 cm³/mol. The molecule has 0 spiro atoms. The number of fused-ring (bicyclic) bond motifs is 1. The second-order valence-electron chi connectivity index (χ2n) is 8.04. The van der Waals surface area contributed by atoms with E-state index in [1.165, 1.54) is 21.3 Å². The average Bonchev–Trinajstić information content (AvgIpc) is 3.50. The molecular weight excluding hydrogens is 468 g/mol. The topological polar surface area (TPSA) is 68.2 Å². The maximum Gasteiger partial charge on any atom is 0.252 e. The van der Waals surface area contributed by atoms with Gasteiger partial charge in [-0.2, -0.15) is 0 Å². The zero-order chi connectivity index (χ0) is 26.7. The summed E-state index contributed by atoms with van der Waals surface area (Å²) in [5.74, 6) is 0.207. The van der Waals surface area contributed by atoms with Crippen molar-refractivity contribution in [2.75, 3.05) is 0 Å². The molecule has 0 saturated heterocycles. The first kappa shape index (κ1) is 28.5. The van der Waals surface area contributed by atoms with E-state index in [1.807, 2.05) is 31.1 Å². The summed E-state index contributed by atoms with van der Waals surface area (Å²) in [6.45, 7) is 16.3. The molecule has 1 aliphatic heterocycles. The van der Waals surface area contributed by atoms with E-state index in [0.717, 1.165) is 41.3 Å². The molecule has 1 aliphatic rings. The van der Waals surface area contributed by atoms with E-state index in [-0.39, 0.29) is 11.7 Å². The van der Waals surface area contributed by atoms with Crippen LogP contribution >= 0.6 is 11.3 Å². The van der Waals surface area contributed by atoms with Crippen LogP contribution < -0.4 is 5.32 Å². The highest BCUT2D eigenvalue weighted by atomic mass is 32.1. The largest absolute Gasteiger partial charge is 0.348 e. The van der Waals surface area contributed by atoms with E-state index in [9.17, 15) is 9.59 Å². The van der Waals surface area contributed by atoms with Crippen LogP contribution in [0, 0.1) is 0 Å². The summed E-state index contributed by atoms with van der Waals surface area (Å²) in [7, 11) is 0. The number of carbonyl (C=O) groups excluding carboxylic acids is 3. The molecule has 6 heteroatoms. The lowest BCUT2D eigenvalue weighted by Gasteiger charge is -2.12. The lowest BCUT2D eigenvalue weighted by atomic mass is 10.0. The Balaban J connectivity index is 0.000000212. The number of aromatic nitrogens is 1. The number of carbonyl (C=O) groups is 3. The van der Waals surface area contributed by atoms with E-state index >= 15 is 0 Å². The summed E-state index contributed by atoms with van der Waals surface area (Å²) in [4.78, 5) is 31.2. The number of Topliss-reactive ketones (excluding diaryl/α,β-unsaturated/α-hetero) is 1. The molecule has 2 aromatic heterocycles. The van der Waals surface area contributed by atoms with Gasteiger partial charge in [-0.05, 0) is 55.0 Å². The number of thiophene rings is 1. The van der Waals surface area contributed by atoms with E-state index < -0.39 is 0 Å². The molecule has 0 atom stereocenters. The molecule has 188 valence electrons. The number of nitrogens with zero attached hydrogens (tertiary/aromatic N) is 1. The van der Waals surface area contributed by atoms with E-state index in [1.54, 1.807) is 30.4 Å². The van der Waals surface area contributed by atoms with Gasteiger partial charge in [0.15, 0.2) is 5.78 Å². The van der Waals surface area contributed by atoms with Crippen LogP contribution in [0.2, 0.25) is 0 Å². The molecule has 4 aromatic rings. The third kappa shape index (κ3) is 6.26. The van der Waals surface area contributed by atoms with Crippen LogP contribution in [-0.4, -0.2) is 23.0 Å². The molecule has 1 amide bonds. The third-order valence-corrected chi connectivity index (χ3v) is 6.75. The van der Waals surface area contributed by atoms with Crippen molar-refractivity contribution in [2.24, 2.45) is 0 Å². The number of hydrogen-bond donors (Lipinski definition) is 1. The Morgan fingerprint density at radius 3 is 2.39 bits per heavy atom. The van der Waals surface area contributed by atoms with Crippen molar-refractivity contribution in [3.05, 3.63) is 95.5 Å². The SMILES string of the molecule is C=CC=C.C=O.CCCc1cn(CC)c2cccc(C(C)=O)c12.O=C1NCc2csc3cccc1c23. The second-order valence-corrected chi connectivity index (χ2v) is 8.95. The predicted octanol–water partition coefficient (Wildman–Crippen LogP) is 7.13. The second kappa shape index (κ2) is 14.0. The number of benzene rings is 2. The minimum atomic E-state index is 0.0523. The zero-order valence-corrected chi connectivity index (χ0v) is 22.1. The van der Waals surface area contributed by atoms with Gasteiger partial charge in [0.05, 0.1) is 0 Å². The van der Waals surface area contributed by atoms with Crippen LogP contribution in [-0.2, 0) is 24.3 Å². The van der Waals surface area contributed by atoms with Crippen molar-refractivity contribution < 1.29 is 14.4 Å². The van der Waals surface area contributed by atoms with Gasteiger partial charge >= 0.3 is 0 Å². The first-order chi connectivity index (χ1) is 17.5. The Morgan fingerprint density at radius 2 is 1.78 bits per heavy atom. The smallest absolute Gasteiger partial charge is 0.252 e. The van der Waals surface area contributed by atoms with Crippen LogP contribution in [0.1, 0.15) is 59.0 Å². The zero-order valence-electron chi connectivity index (χ0n) is 21.3. The number of amides is 1. The molecule has 0 fully saturated rings. The lowest BCUT2D eigenvalue weighted by Crippen LogP contribution is -2.26. The van der Waals surface area contributed by atoms with Gasteiger partial charge in [-0.3, -0.25) is 9.59 Å². The normalized spacial score (nSPS) is 11.1. The monoisotopic (exact) mass is 502 g/mol. The number of aryl methyl sites for hydroxylation is 2. The van der Waals surface area contributed by atoms with Crippen LogP contribution in [0.5, 0.6) is 0 Å². The average molecular weight is 503 g/mol. The van der Waals surface area contributed by atoms with E-state index in [2.05, 4.69) is 60.6 Å². The molecule has 36 heavy (non-hydrogen) atoms. The highest BCUT2D eigenvalue weighted by molar-refractivity contribution is 7.17. The minimum Gasteiger partial charge on any atom is -0.348 e. The molecule has 5 nitrogen and oxygen atoms in total. The van der Waals surface area contributed by atoms with Gasteiger partial charge in [0.25, 0.3) is 5.91 Å². The van der Waals surface area contributed by atoms with Crippen molar-refractivity contribution in [3.8, 4) is 0 Å². The van der Waals surface area contributed by atoms with Gasteiger partial charge in [-0.25, -0.2) is 0 Å². The number of rotatable bonds is 5. The number of allylic oxidation sites excluding steroid dienone is 2. The summed E-state index contributed by atoms with van der Waals surface area (Å²) in [6, 6.07) is 11.9. The van der Waals surface area contributed by atoms with Crippen LogP contribution in [0.15, 0.2) is 73.3 Å². The Labute approximate surface area is 217 Å². The van der Waals surface area contributed by atoms with E-state index in [0.29, 0.717) is 6.54 Å². The quantitative estimate of drug-likeness (QED) is 0.233. The molecule has 2 aromatic carbocycles. The van der Waals surface area contributed by atoms with Crippen molar-refractivity contribution in [1.29, 1.82) is 0 Å². The van der Waals surface area contributed by atoms with Gasteiger partial charge in [-0.15, -0.1) is 11.3 Å². The van der Waals surface area contributed by atoms with Crippen molar-refractivity contribution in [2.45, 2.75) is 46.7 Å². The van der Waals surface area contributed by atoms with Crippen LogP contribution in [0.25, 0.3) is 21.0 Å². The highest BCUT2D eigenvalue weighted by Gasteiger charge is 2.19. The van der Waals surface area contributed by atoms with Crippen molar-refractivity contribution in [3.63, 3.8) is 0 Å². The first-order valence-electron chi connectivity index (χ1n) is 11.9. The maximum absolute atomic E-state index is 11.7. The molecular formula is C30H34N2O3S. The maximum atomic E-state index is 11.7. The van der Waals surface area contributed by atoms with Gasteiger partial charge in [-0.1, -0.05) is 56.9 Å². The molecule has 0 unspecified atom stereocenters. The summed E-state index contributed by atoms with van der Waals surface area (Å²) in [6.07, 6.45) is 7.61. The molecule has 0 saturated carbocycles. The summed E-state index contributed by atoms with van der Waals surface area (Å²) in [5, 5.41) is 7.28. The van der Waals surface area contributed by atoms with Crippen LogP contribution in [0.3, 0.4) is 0 Å². The van der Waals surface area contributed by atoms with Crippen LogP contribution in [0.4, 0.5) is 0 Å². The van der Waals surface area contributed by atoms with Crippen molar-refractivity contribution >= 4 is 50.8 Å². The summed E-state index contributed by atoms with van der Waals surface area (Å²) < 4.78 is 3.44. The molecule has 3 heterocycles. The summed E-state index contributed by atoms with van der Waals surface area (Å²) >= 11 is 1.70. The number of nitrogens with one attached hydrogen (secondary N) is 1. The van der Waals surface area contributed by atoms with Gasteiger partial charge < -0.3 is 14.7 Å². The highest BCUT2D eigenvalue weighted by Crippen LogP contribution is 2.31. The standard InChI is InChI=1S/C15H19NO.C10H7NOS.C4H6.CH2O/c1-4-7-12-10-16(5-2)14-9-6-8-13(11(3)17)15(12)14;12-10-7-2-1-3-8-9(7)6(4-11-10)5-13-8;1-3-4-2;1-2/h6,8-10H,4-5,7H2,1-3H3;1-3,5H,4H2,(H,11,12);3-4H,1-2H2;1H2. The Morgan fingerprint density at radius 1 is 1.08 bits per heavy atom. The minimum absolute atomic E-state index is 0.0523.